The van der Waals surface area contributed by atoms with E-state index in [0.717, 1.165) is 11.3 Å². The zero-order valence-electron chi connectivity index (χ0n) is 12.9. The van der Waals surface area contributed by atoms with Crippen molar-refractivity contribution in [3.8, 4) is 5.75 Å². The number of rotatable bonds is 5. The van der Waals surface area contributed by atoms with Crippen LogP contribution in [-0.4, -0.2) is 42.9 Å². The predicted octanol–water partition coefficient (Wildman–Crippen LogP) is 3.73. The lowest BCUT2D eigenvalue weighted by molar-refractivity contribution is -0.187. The lowest BCUT2D eigenvalue weighted by atomic mass is 9.97. The largest absolute Gasteiger partial charge is 0.497 e. The molecule has 1 fully saturated rings. The molecule has 0 aliphatic carbocycles. The van der Waals surface area contributed by atoms with Gasteiger partial charge in [-0.05, 0) is 30.5 Å². The van der Waals surface area contributed by atoms with Crippen LogP contribution in [0.5, 0.6) is 5.75 Å². The molecule has 0 unspecified atom stereocenters. The fraction of sp³-hybridized carbons (Fsp3) is 0.562. The van der Waals surface area contributed by atoms with Gasteiger partial charge in [0.25, 0.3) is 0 Å². The maximum Gasteiger partial charge on any atom is 0.393 e. The molecule has 1 aliphatic heterocycles. The van der Waals surface area contributed by atoms with E-state index in [9.17, 15) is 18.0 Å². The van der Waals surface area contributed by atoms with Crippen LogP contribution in [-0.2, 0) is 10.5 Å². The van der Waals surface area contributed by atoms with Crippen molar-refractivity contribution in [3.05, 3.63) is 29.8 Å². The second-order valence-electron chi connectivity index (χ2n) is 5.56. The second kappa shape index (κ2) is 7.95. The predicted molar refractivity (Wildman–Crippen MR) is 84.5 cm³/mol. The number of hydrogen-bond donors (Lipinski definition) is 0. The minimum absolute atomic E-state index is 0.115. The third kappa shape index (κ3) is 5.34. The van der Waals surface area contributed by atoms with Crippen molar-refractivity contribution >= 4 is 17.7 Å². The second-order valence-corrected chi connectivity index (χ2v) is 6.55. The summed E-state index contributed by atoms with van der Waals surface area (Å²) in [6, 6.07) is 7.53. The van der Waals surface area contributed by atoms with E-state index in [0.29, 0.717) is 18.7 Å². The minimum atomic E-state index is -4.22. The maximum absolute atomic E-state index is 12.8. The van der Waals surface area contributed by atoms with E-state index in [4.69, 9.17) is 4.74 Å². The Morgan fingerprint density at radius 2 is 2.22 bits per heavy atom. The van der Waals surface area contributed by atoms with Crippen LogP contribution in [0.3, 0.4) is 0 Å². The zero-order valence-corrected chi connectivity index (χ0v) is 13.8. The van der Waals surface area contributed by atoms with Crippen molar-refractivity contribution < 1.29 is 22.7 Å². The first-order valence-corrected chi connectivity index (χ1v) is 8.61. The molecule has 128 valence electrons. The van der Waals surface area contributed by atoms with Gasteiger partial charge in [-0.15, -0.1) is 11.8 Å². The van der Waals surface area contributed by atoms with E-state index in [1.54, 1.807) is 7.11 Å². The number of alkyl halides is 3. The molecule has 1 aromatic carbocycles. The molecule has 1 amide bonds. The molecule has 0 spiro atoms. The molecule has 23 heavy (non-hydrogen) atoms. The Labute approximate surface area is 138 Å². The van der Waals surface area contributed by atoms with Crippen LogP contribution in [0.25, 0.3) is 0 Å². The fourth-order valence-electron chi connectivity index (χ4n) is 2.58. The van der Waals surface area contributed by atoms with Gasteiger partial charge in [-0.3, -0.25) is 4.79 Å². The van der Waals surface area contributed by atoms with Gasteiger partial charge in [0, 0.05) is 18.8 Å². The summed E-state index contributed by atoms with van der Waals surface area (Å²) in [5, 5.41) is 0. The number of halogens is 3. The first kappa shape index (κ1) is 18.0. The molecule has 1 saturated heterocycles. The molecule has 3 nitrogen and oxygen atoms in total. The van der Waals surface area contributed by atoms with Gasteiger partial charge in [0.15, 0.2) is 0 Å². The van der Waals surface area contributed by atoms with Crippen molar-refractivity contribution in [2.24, 2.45) is 5.92 Å². The Balaban J connectivity index is 1.80. The molecule has 1 atom stereocenters. The van der Waals surface area contributed by atoms with E-state index in [-0.39, 0.29) is 24.6 Å². The SMILES string of the molecule is COc1cccc(CSCC(=O)N2CCC[C@H](C(F)(F)F)C2)c1. The molecule has 1 aliphatic rings. The number of amides is 1. The highest BCUT2D eigenvalue weighted by atomic mass is 32.2. The van der Waals surface area contributed by atoms with Crippen LogP contribution in [0, 0.1) is 5.92 Å². The lowest BCUT2D eigenvalue weighted by Gasteiger charge is -2.33. The highest BCUT2D eigenvalue weighted by Gasteiger charge is 2.42. The maximum atomic E-state index is 12.8. The first-order chi connectivity index (χ1) is 10.9. The summed E-state index contributed by atoms with van der Waals surface area (Å²) in [7, 11) is 1.59. The molecule has 1 aromatic rings. The Hall–Kier alpha value is -1.37. The molecular weight excluding hydrogens is 327 g/mol. The number of carbonyl (C=O) groups excluding carboxylic acids is 1. The van der Waals surface area contributed by atoms with Gasteiger partial charge in [0.2, 0.25) is 5.91 Å². The third-order valence-corrected chi connectivity index (χ3v) is 4.85. The summed E-state index contributed by atoms with van der Waals surface area (Å²) >= 11 is 1.41. The van der Waals surface area contributed by atoms with E-state index in [2.05, 4.69) is 0 Å². The van der Waals surface area contributed by atoms with Crippen LogP contribution in [0.2, 0.25) is 0 Å². The monoisotopic (exact) mass is 347 g/mol. The van der Waals surface area contributed by atoms with E-state index in [1.165, 1.54) is 16.7 Å². The third-order valence-electron chi connectivity index (χ3n) is 3.87. The van der Waals surface area contributed by atoms with Crippen molar-refractivity contribution in [2.75, 3.05) is 26.0 Å². The van der Waals surface area contributed by atoms with Crippen molar-refractivity contribution in [2.45, 2.75) is 24.8 Å². The summed E-state index contributed by atoms with van der Waals surface area (Å²) in [6.07, 6.45) is -3.69. The van der Waals surface area contributed by atoms with E-state index >= 15 is 0 Å². The van der Waals surface area contributed by atoms with E-state index in [1.807, 2.05) is 24.3 Å². The molecule has 0 saturated carbocycles. The number of carbonyl (C=O) groups is 1. The molecule has 0 aromatic heterocycles. The van der Waals surface area contributed by atoms with Gasteiger partial charge >= 0.3 is 6.18 Å². The molecule has 0 radical (unpaired) electrons. The Bertz CT molecular complexity index is 536. The molecule has 0 bridgehead atoms. The van der Waals surface area contributed by atoms with E-state index < -0.39 is 12.1 Å². The van der Waals surface area contributed by atoms with Gasteiger partial charge in [-0.2, -0.15) is 13.2 Å². The topological polar surface area (TPSA) is 29.5 Å². The molecule has 0 N–H and O–H groups in total. The van der Waals surface area contributed by atoms with Gasteiger partial charge in [-0.25, -0.2) is 0 Å². The number of benzene rings is 1. The van der Waals surface area contributed by atoms with Gasteiger partial charge < -0.3 is 9.64 Å². The van der Waals surface area contributed by atoms with Gasteiger partial charge in [-0.1, -0.05) is 12.1 Å². The molecule has 2 rings (SSSR count). The number of likely N-dealkylation sites (tertiary alicyclic amines) is 1. The Kier molecular flexibility index (Phi) is 6.21. The summed E-state index contributed by atoms with van der Waals surface area (Å²) in [6.45, 7) is 0.215. The van der Waals surface area contributed by atoms with Crippen molar-refractivity contribution in [1.29, 1.82) is 0 Å². The Morgan fingerprint density at radius 1 is 1.43 bits per heavy atom. The summed E-state index contributed by atoms with van der Waals surface area (Å²) < 4.78 is 43.4. The smallest absolute Gasteiger partial charge is 0.393 e. The Morgan fingerprint density at radius 3 is 2.91 bits per heavy atom. The molecule has 7 heteroatoms. The average Bonchev–Trinajstić information content (AvgIpc) is 2.54. The lowest BCUT2D eigenvalue weighted by Crippen LogP contribution is -2.45. The van der Waals surface area contributed by atoms with Gasteiger partial charge in [0.05, 0.1) is 18.8 Å². The van der Waals surface area contributed by atoms with Crippen molar-refractivity contribution in [3.63, 3.8) is 0 Å². The average molecular weight is 347 g/mol. The number of nitrogens with zero attached hydrogens (tertiary/aromatic N) is 1. The standard InChI is InChI=1S/C16H20F3NO2S/c1-22-14-6-2-4-12(8-14)10-23-11-15(21)20-7-3-5-13(9-20)16(17,18)19/h2,4,6,8,13H,3,5,7,9-11H2,1H3/t13-/m0/s1. The number of hydrogen-bond acceptors (Lipinski definition) is 3. The normalized spacial score (nSPS) is 18.8. The number of piperidine rings is 1. The first-order valence-electron chi connectivity index (χ1n) is 7.45. The minimum Gasteiger partial charge on any atom is -0.497 e. The summed E-state index contributed by atoms with van der Waals surface area (Å²) in [5.74, 6) is -0.0322. The van der Waals surface area contributed by atoms with Gasteiger partial charge in [0.1, 0.15) is 5.75 Å². The highest BCUT2D eigenvalue weighted by Crippen LogP contribution is 2.33. The van der Waals surface area contributed by atoms with Crippen LogP contribution in [0.15, 0.2) is 24.3 Å². The molecular formula is C16H20F3NO2S. The van der Waals surface area contributed by atoms with Crippen LogP contribution in [0.4, 0.5) is 13.2 Å². The number of ether oxygens (including phenoxy) is 1. The van der Waals surface area contributed by atoms with Crippen LogP contribution in [0.1, 0.15) is 18.4 Å². The fourth-order valence-corrected chi connectivity index (χ4v) is 3.46. The van der Waals surface area contributed by atoms with Crippen molar-refractivity contribution in [1.82, 2.24) is 4.90 Å². The zero-order chi connectivity index (χ0) is 16.9. The number of methoxy groups -OCH3 is 1. The molecule has 1 heterocycles. The summed E-state index contributed by atoms with van der Waals surface area (Å²) in [4.78, 5) is 13.4. The summed E-state index contributed by atoms with van der Waals surface area (Å²) in [5.41, 5.74) is 1.02. The quantitative estimate of drug-likeness (QED) is 0.813. The van der Waals surface area contributed by atoms with Crippen LogP contribution >= 0.6 is 11.8 Å². The van der Waals surface area contributed by atoms with Crippen LogP contribution < -0.4 is 4.74 Å². The highest BCUT2D eigenvalue weighted by molar-refractivity contribution is 7.99. The number of thioether (sulfide) groups is 1.